The van der Waals surface area contributed by atoms with Crippen LogP contribution in [0, 0.1) is 0 Å². The van der Waals surface area contributed by atoms with Gasteiger partial charge in [-0.2, -0.15) is 0 Å². The van der Waals surface area contributed by atoms with E-state index in [9.17, 15) is 8.42 Å². The van der Waals surface area contributed by atoms with Gasteiger partial charge in [-0.1, -0.05) is 44.5 Å². The number of sulfonamides is 1. The second-order valence-corrected chi connectivity index (χ2v) is 11.2. The number of azo groups is 1. The van der Waals surface area contributed by atoms with Crippen LogP contribution in [-0.2, 0) is 25.8 Å². The van der Waals surface area contributed by atoms with Crippen molar-refractivity contribution in [3.63, 3.8) is 0 Å². The summed E-state index contributed by atoms with van der Waals surface area (Å²) in [5.74, 6) is 0. The lowest BCUT2D eigenvalue weighted by Crippen LogP contribution is -2.40. The number of hydrogen-bond donors (Lipinski definition) is 1. The van der Waals surface area contributed by atoms with Gasteiger partial charge in [0.1, 0.15) is 12.4 Å². The van der Waals surface area contributed by atoms with E-state index in [0.717, 1.165) is 24.8 Å². The quantitative estimate of drug-likeness (QED) is 0.606. The Kier molecular flexibility index (Phi) is 6.13. The first-order chi connectivity index (χ1) is 15.1. The van der Waals surface area contributed by atoms with E-state index in [1.807, 2.05) is 12.1 Å². The van der Waals surface area contributed by atoms with Crippen LogP contribution in [0.1, 0.15) is 51.2 Å². The standard InChI is InChI=1S/C23H27ClN4O3S/c1-22(2,3)16-7-10-18(11-8-16)32(29,30)27-20-12-9-17(24)14-19(20)23(25-15-26-28-23)21-6-4-5-13-31-21/h7-12,14-15,21,27H,4-6,13H2,1-3H3. The summed E-state index contributed by atoms with van der Waals surface area (Å²) < 4.78 is 35.2. The molecular formula is C23H27ClN4O3S. The fraction of sp³-hybridized carbons (Fsp3) is 0.435. The molecule has 2 aromatic carbocycles. The molecule has 0 saturated carbocycles. The lowest BCUT2D eigenvalue weighted by atomic mass is 9.87. The van der Waals surface area contributed by atoms with Crippen molar-refractivity contribution in [2.24, 2.45) is 15.2 Å². The Morgan fingerprint density at radius 1 is 1.12 bits per heavy atom. The Morgan fingerprint density at radius 3 is 2.47 bits per heavy atom. The number of halogens is 1. The molecule has 2 aromatic rings. The summed E-state index contributed by atoms with van der Waals surface area (Å²) in [5.41, 5.74) is 0.680. The van der Waals surface area contributed by atoms with Crippen molar-refractivity contribution in [2.45, 2.75) is 62.1 Å². The molecule has 0 spiro atoms. The zero-order valence-corrected chi connectivity index (χ0v) is 19.9. The van der Waals surface area contributed by atoms with E-state index in [-0.39, 0.29) is 16.4 Å². The molecule has 1 fully saturated rings. The summed E-state index contributed by atoms with van der Waals surface area (Å²) in [4.78, 5) is 4.70. The van der Waals surface area contributed by atoms with Crippen LogP contribution >= 0.6 is 11.6 Å². The van der Waals surface area contributed by atoms with Crippen LogP contribution < -0.4 is 4.72 Å². The fourth-order valence-corrected chi connectivity index (χ4v) is 5.26. The van der Waals surface area contributed by atoms with Crippen molar-refractivity contribution >= 4 is 33.7 Å². The molecular weight excluding hydrogens is 448 g/mol. The van der Waals surface area contributed by atoms with E-state index in [4.69, 9.17) is 16.3 Å². The largest absolute Gasteiger partial charge is 0.373 e. The van der Waals surface area contributed by atoms with Crippen LogP contribution in [0.15, 0.2) is 62.6 Å². The lowest BCUT2D eigenvalue weighted by molar-refractivity contribution is -0.0314. The highest BCUT2D eigenvalue weighted by atomic mass is 35.5. The highest BCUT2D eigenvalue weighted by Gasteiger charge is 2.46. The van der Waals surface area contributed by atoms with Crippen molar-refractivity contribution < 1.29 is 13.2 Å². The Balaban J connectivity index is 1.72. The molecule has 1 N–H and O–H groups in total. The van der Waals surface area contributed by atoms with Gasteiger partial charge >= 0.3 is 0 Å². The molecule has 170 valence electrons. The topological polar surface area (TPSA) is 92.5 Å². The summed E-state index contributed by atoms with van der Waals surface area (Å²) >= 11 is 6.30. The lowest BCUT2D eigenvalue weighted by Gasteiger charge is -2.35. The van der Waals surface area contributed by atoms with E-state index in [2.05, 4.69) is 40.7 Å². The molecule has 0 amide bonds. The van der Waals surface area contributed by atoms with E-state index < -0.39 is 15.7 Å². The smallest absolute Gasteiger partial charge is 0.261 e. The minimum absolute atomic E-state index is 0.0725. The molecule has 2 aliphatic heterocycles. The third-order valence-electron chi connectivity index (χ3n) is 5.80. The van der Waals surface area contributed by atoms with Crippen molar-refractivity contribution in [1.82, 2.24) is 0 Å². The Hall–Kier alpha value is -2.29. The van der Waals surface area contributed by atoms with Gasteiger partial charge in [-0.15, -0.1) is 10.2 Å². The molecule has 1 saturated heterocycles. The molecule has 4 rings (SSSR count). The van der Waals surface area contributed by atoms with E-state index in [0.29, 0.717) is 22.9 Å². The van der Waals surface area contributed by atoms with Crippen molar-refractivity contribution in [2.75, 3.05) is 11.3 Å². The number of nitrogens with one attached hydrogen (secondary N) is 1. The maximum Gasteiger partial charge on any atom is 0.261 e. The SMILES string of the molecule is CC(C)(C)c1ccc(S(=O)(=O)Nc2ccc(Cl)cc2C2(C3CCCCO3)N=CN=N2)cc1. The molecule has 0 aliphatic carbocycles. The van der Waals surface area contributed by atoms with Crippen LogP contribution in [0.25, 0.3) is 0 Å². The van der Waals surface area contributed by atoms with Gasteiger partial charge in [0.15, 0.2) is 0 Å². The molecule has 7 nitrogen and oxygen atoms in total. The Morgan fingerprint density at radius 2 is 1.88 bits per heavy atom. The van der Waals surface area contributed by atoms with Crippen LogP contribution in [-0.4, -0.2) is 27.5 Å². The third-order valence-corrected chi connectivity index (χ3v) is 7.41. The van der Waals surface area contributed by atoms with Gasteiger partial charge in [0.25, 0.3) is 10.0 Å². The van der Waals surface area contributed by atoms with Crippen molar-refractivity contribution in [1.29, 1.82) is 0 Å². The van der Waals surface area contributed by atoms with Crippen LogP contribution in [0.4, 0.5) is 5.69 Å². The van der Waals surface area contributed by atoms with Crippen LogP contribution in [0.2, 0.25) is 5.02 Å². The average molecular weight is 475 g/mol. The zero-order valence-electron chi connectivity index (χ0n) is 18.4. The average Bonchev–Trinajstić information content (AvgIpc) is 3.26. The molecule has 0 aromatic heterocycles. The van der Waals surface area contributed by atoms with Gasteiger partial charge in [0, 0.05) is 17.2 Å². The summed E-state index contributed by atoms with van der Waals surface area (Å²) in [7, 11) is -3.86. The van der Waals surface area contributed by atoms with Crippen molar-refractivity contribution in [3.8, 4) is 0 Å². The number of hydrogen-bond acceptors (Lipinski definition) is 6. The van der Waals surface area contributed by atoms with Gasteiger partial charge in [-0.25, -0.2) is 13.4 Å². The van der Waals surface area contributed by atoms with Gasteiger partial charge in [-0.3, -0.25) is 4.72 Å². The second-order valence-electron chi connectivity index (χ2n) is 9.11. The summed E-state index contributed by atoms with van der Waals surface area (Å²) in [5, 5.41) is 8.82. The molecule has 2 aliphatic rings. The van der Waals surface area contributed by atoms with E-state index in [1.54, 1.807) is 30.3 Å². The van der Waals surface area contributed by atoms with Gasteiger partial charge in [-0.05, 0) is 60.6 Å². The van der Waals surface area contributed by atoms with Crippen LogP contribution in [0.5, 0.6) is 0 Å². The molecule has 2 atom stereocenters. The molecule has 0 radical (unpaired) electrons. The van der Waals surface area contributed by atoms with E-state index in [1.165, 1.54) is 6.34 Å². The monoisotopic (exact) mass is 474 g/mol. The Labute approximate surface area is 194 Å². The number of benzene rings is 2. The molecule has 0 bridgehead atoms. The normalized spacial score (nSPS) is 23.4. The highest BCUT2D eigenvalue weighted by molar-refractivity contribution is 7.92. The van der Waals surface area contributed by atoms with Crippen molar-refractivity contribution in [3.05, 3.63) is 58.6 Å². The van der Waals surface area contributed by atoms with Gasteiger partial charge in [0.05, 0.1) is 10.6 Å². The summed E-state index contributed by atoms with van der Waals surface area (Å²) in [6.07, 6.45) is 3.70. The maximum absolute atomic E-state index is 13.2. The number of ether oxygens (including phenoxy) is 1. The number of nitrogens with zero attached hydrogens (tertiary/aromatic N) is 3. The predicted octanol–water partition coefficient (Wildman–Crippen LogP) is 5.65. The van der Waals surface area contributed by atoms with Gasteiger partial charge in [0.2, 0.25) is 5.66 Å². The van der Waals surface area contributed by atoms with E-state index >= 15 is 0 Å². The highest BCUT2D eigenvalue weighted by Crippen LogP contribution is 2.44. The third kappa shape index (κ3) is 4.44. The molecule has 32 heavy (non-hydrogen) atoms. The van der Waals surface area contributed by atoms with Crippen LogP contribution in [0.3, 0.4) is 0 Å². The second kappa shape index (κ2) is 8.57. The molecule has 2 heterocycles. The molecule has 9 heteroatoms. The minimum atomic E-state index is -3.86. The first kappa shape index (κ1) is 22.9. The van der Waals surface area contributed by atoms with Gasteiger partial charge < -0.3 is 4.74 Å². The predicted molar refractivity (Wildman–Crippen MR) is 126 cm³/mol. The minimum Gasteiger partial charge on any atom is -0.373 e. The number of rotatable bonds is 5. The number of aliphatic imine (C=N–C) groups is 1. The first-order valence-electron chi connectivity index (χ1n) is 10.6. The fourth-order valence-electron chi connectivity index (χ4n) is 4.00. The zero-order chi connectivity index (χ0) is 23.0. The Bertz CT molecular complexity index is 1140. The molecule has 2 unspecified atom stereocenters. The number of anilines is 1. The summed E-state index contributed by atoms with van der Waals surface area (Å²) in [6, 6.07) is 11.9. The first-order valence-corrected chi connectivity index (χ1v) is 12.5. The maximum atomic E-state index is 13.2. The summed E-state index contributed by atoms with van der Waals surface area (Å²) in [6.45, 7) is 6.84.